The minimum Gasteiger partial charge on any atom is -0.370 e. The van der Waals surface area contributed by atoms with Crippen LogP contribution in [0, 0.1) is 5.82 Å². The highest BCUT2D eigenvalue weighted by molar-refractivity contribution is 5.48. The minimum atomic E-state index is -0.186. The monoisotopic (exact) mass is 270 g/mol. The molecule has 0 saturated carbocycles. The molecule has 0 amide bonds. The predicted octanol–water partition coefficient (Wildman–Crippen LogP) is 3.11. The van der Waals surface area contributed by atoms with Crippen LogP contribution in [0.3, 0.4) is 0 Å². The minimum absolute atomic E-state index is 0.186. The number of hydrogen-bond acceptors (Lipinski definition) is 2. The van der Waals surface area contributed by atoms with Crippen LogP contribution in [0.2, 0.25) is 0 Å². The summed E-state index contributed by atoms with van der Waals surface area (Å²) in [7, 11) is 2.01. The predicted molar refractivity (Wildman–Crippen MR) is 80.4 cm³/mol. The SMILES string of the molecule is CN(Cc1cccc2c1CCNC2)c1cccc(F)c1. The molecule has 0 aromatic heterocycles. The van der Waals surface area contributed by atoms with E-state index in [1.54, 1.807) is 12.1 Å². The molecule has 3 rings (SSSR count). The summed E-state index contributed by atoms with van der Waals surface area (Å²) in [5.41, 5.74) is 5.10. The molecule has 2 aromatic rings. The molecule has 0 bridgehead atoms. The lowest BCUT2D eigenvalue weighted by Gasteiger charge is -2.25. The average Bonchev–Trinajstić information content (AvgIpc) is 2.47. The van der Waals surface area contributed by atoms with Crippen LogP contribution in [-0.4, -0.2) is 13.6 Å². The molecular weight excluding hydrogens is 251 g/mol. The maximum atomic E-state index is 13.3. The summed E-state index contributed by atoms with van der Waals surface area (Å²) in [4.78, 5) is 2.10. The van der Waals surface area contributed by atoms with E-state index in [1.165, 1.54) is 22.8 Å². The number of hydrogen-bond donors (Lipinski definition) is 1. The van der Waals surface area contributed by atoms with Gasteiger partial charge in [-0.3, -0.25) is 0 Å². The number of fused-ring (bicyclic) bond motifs is 1. The van der Waals surface area contributed by atoms with Crippen LogP contribution in [0.4, 0.5) is 10.1 Å². The van der Waals surface area contributed by atoms with Crippen LogP contribution < -0.4 is 10.2 Å². The molecule has 0 saturated heterocycles. The molecule has 0 radical (unpaired) electrons. The van der Waals surface area contributed by atoms with Crippen molar-refractivity contribution >= 4 is 5.69 Å². The van der Waals surface area contributed by atoms with Gasteiger partial charge in [-0.25, -0.2) is 4.39 Å². The maximum Gasteiger partial charge on any atom is 0.125 e. The van der Waals surface area contributed by atoms with Crippen molar-refractivity contribution in [1.82, 2.24) is 5.32 Å². The van der Waals surface area contributed by atoms with E-state index in [1.807, 2.05) is 13.1 Å². The van der Waals surface area contributed by atoms with Crippen molar-refractivity contribution in [3.63, 3.8) is 0 Å². The van der Waals surface area contributed by atoms with Crippen molar-refractivity contribution < 1.29 is 4.39 Å². The second-order valence-corrected chi connectivity index (χ2v) is 5.32. The van der Waals surface area contributed by atoms with Gasteiger partial charge in [0.2, 0.25) is 0 Å². The number of nitrogens with one attached hydrogen (secondary N) is 1. The number of anilines is 1. The first-order chi connectivity index (χ1) is 9.74. The first-order valence-corrected chi connectivity index (χ1v) is 7.01. The summed E-state index contributed by atoms with van der Waals surface area (Å²) < 4.78 is 13.3. The van der Waals surface area contributed by atoms with Gasteiger partial charge in [0.05, 0.1) is 0 Å². The highest BCUT2D eigenvalue weighted by Gasteiger charge is 2.13. The third-order valence-electron chi connectivity index (χ3n) is 3.89. The van der Waals surface area contributed by atoms with E-state index in [4.69, 9.17) is 0 Å². The second kappa shape index (κ2) is 5.63. The van der Waals surface area contributed by atoms with Gasteiger partial charge in [-0.1, -0.05) is 24.3 Å². The van der Waals surface area contributed by atoms with E-state index in [0.29, 0.717) is 0 Å². The Hall–Kier alpha value is -1.87. The lowest BCUT2D eigenvalue weighted by atomic mass is 9.95. The summed E-state index contributed by atoms with van der Waals surface area (Å²) in [6.45, 7) is 2.80. The van der Waals surface area contributed by atoms with E-state index < -0.39 is 0 Å². The van der Waals surface area contributed by atoms with Crippen LogP contribution in [0.25, 0.3) is 0 Å². The Balaban J connectivity index is 1.84. The highest BCUT2D eigenvalue weighted by Crippen LogP contribution is 2.22. The van der Waals surface area contributed by atoms with Crippen molar-refractivity contribution in [1.29, 1.82) is 0 Å². The standard InChI is InChI=1S/C17H19FN2/c1-20(16-7-3-6-15(18)10-16)12-14-5-2-4-13-11-19-9-8-17(13)14/h2-7,10,19H,8-9,11-12H2,1H3. The Labute approximate surface area is 119 Å². The molecule has 1 aliphatic rings. The smallest absolute Gasteiger partial charge is 0.125 e. The van der Waals surface area contributed by atoms with Gasteiger partial charge in [0.25, 0.3) is 0 Å². The van der Waals surface area contributed by atoms with Gasteiger partial charge in [0.15, 0.2) is 0 Å². The zero-order valence-corrected chi connectivity index (χ0v) is 11.7. The summed E-state index contributed by atoms with van der Waals surface area (Å²) in [6, 6.07) is 13.2. The van der Waals surface area contributed by atoms with Crippen LogP contribution in [0.1, 0.15) is 16.7 Å². The summed E-state index contributed by atoms with van der Waals surface area (Å²) >= 11 is 0. The molecular formula is C17H19FN2. The molecule has 2 nitrogen and oxygen atoms in total. The Kier molecular flexibility index (Phi) is 3.70. The second-order valence-electron chi connectivity index (χ2n) is 5.32. The van der Waals surface area contributed by atoms with Crippen molar-refractivity contribution in [3.05, 3.63) is 65.0 Å². The van der Waals surface area contributed by atoms with Crippen LogP contribution >= 0.6 is 0 Å². The fraction of sp³-hybridized carbons (Fsp3) is 0.294. The van der Waals surface area contributed by atoms with Crippen LogP contribution in [-0.2, 0) is 19.5 Å². The molecule has 1 aliphatic heterocycles. The third-order valence-corrected chi connectivity index (χ3v) is 3.89. The fourth-order valence-corrected chi connectivity index (χ4v) is 2.82. The number of rotatable bonds is 3. The Morgan fingerprint density at radius 1 is 1.20 bits per heavy atom. The van der Waals surface area contributed by atoms with Crippen molar-refractivity contribution in [2.75, 3.05) is 18.5 Å². The Bertz CT molecular complexity index is 610. The summed E-state index contributed by atoms with van der Waals surface area (Å²) in [5, 5.41) is 3.40. The number of halogens is 1. The van der Waals surface area contributed by atoms with Gasteiger partial charge in [-0.15, -0.1) is 0 Å². The molecule has 104 valence electrons. The van der Waals surface area contributed by atoms with Crippen LogP contribution in [0.5, 0.6) is 0 Å². The molecule has 0 spiro atoms. The van der Waals surface area contributed by atoms with E-state index in [-0.39, 0.29) is 5.82 Å². The Morgan fingerprint density at radius 2 is 2.05 bits per heavy atom. The highest BCUT2D eigenvalue weighted by atomic mass is 19.1. The first-order valence-electron chi connectivity index (χ1n) is 7.01. The normalized spacial score (nSPS) is 13.9. The zero-order valence-electron chi connectivity index (χ0n) is 11.7. The molecule has 0 fully saturated rings. The molecule has 3 heteroatoms. The van der Waals surface area contributed by atoms with Gasteiger partial charge < -0.3 is 10.2 Å². The van der Waals surface area contributed by atoms with Gasteiger partial charge >= 0.3 is 0 Å². The van der Waals surface area contributed by atoms with Crippen molar-refractivity contribution in [2.24, 2.45) is 0 Å². The lowest BCUT2D eigenvalue weighted by molar-refractivity contribution is 0.626. The van der Waals surface area contributed by atoms with Gasteiger partial charge in [-0.2, -0.15) is 0 Å². The first kappa shape index (κ1) is 13.1. The van der Waals surface area contributed by atoms with E-state index >= 15 is 0 Å². The van der Waals surface area contributed by atoms with Crippen molar-refractivity contribution in [2.45, 2.75) is 19.5 Å². The average molecular weight is 270 g/mol. The van der Waals surface area contributed by atoms with E-state index in [9.17, 15) is 4.39 Å². The molecule has 0 atom stereocenters. The molecule has 0 unspecified atom stereocenters. The molecule has 20 heavy (non-hydrogen) atoms. The van der Waals surface area contributed by atoms with Crippen molar-refractivity contribution in [3.8, 4) is 0 Å². The molecule has 1 heterocycles. The quantitative estimate of drug-likeness (QED) is 0.922. The molecule has 1 N–H and O–H groups in total. The number of nitrogens with zero attached hydrogens (tertiary/aromatic N) is 1. The van der Waals surface area contributed by atoms with Gasteiger partial charge in [-0.05, 0) is 47.9 Å². The number of benzene rings is 2. The summed E-state index contributed by atoms with van der Waals surface area (Å²) in [5.74, 6) is -0.186. The van der Waals surface area contributed by atoms with Gasteiger partial charge in [0, 0.05) is 25.8 Å². The van der Waals surface area contributed by atoms with E-state index in [2.05, 4.69) is 28.4 Å². The maximum absolute atomic E-state index is 13.3. The third kappa shape index (κ3) is 2.68. The van der Waals surface area contributed by atoms with Gasteiger partial charge in [0.1, 0.15) is 5.82 Å². The fourth-order valence-electron chi connectivity index (χ4n) is 2.82. The molecule has 2 aromatic carbocycles. The largest absolute Gasteiger partial charge is 0.370 e. The molecule has 0 aliphatic carbocycles. The van der Waals surface area contributed by atoms with E-state index in [0.717, 1.165) is 31.7 Å². The Morgan fingerprint density at radius 3 is 2.90 bits per heavy atom. The topological polar surface area (TPSA) is 15.3 Å². The summed E-state index contributed by atoms with van der Waals surface area (Å²) in [6.07, 6.45) is 1.07. The lowest BCUT2D eigenvalue weighted by Crippen LogP contribution is -2.26. The van der Waals surface area contributed by atoms with Crippen LogP contribution in [0.15, 0.2) is 42.5 Å². The zero-order chi connectivity index (χ0) is 13.9.